The molecule has 0 unspecified atom stereocenters. The Labute approximate surface area is 116 Å². The molecule has 0 aliphatic heterocycles. The van der Waals surface area contributed by atoms with Crippen LogP contribution in [0.4, 0.5) is 0 Å². The number of Topliss-reactive ketones (excluding diaryl/α,β-unsaturated/α-hetero) is 1. The largest absolute Gasteiger partial charge is 0.408 e. The van der Waals surface area contributed by atoms with Crippen LogP contribution in [0.5, 0.6) is 0 Å². The van der Waals surface area contributed by atoms with E-state index in [0.717, 1.165) is 11.8 Å². The summed E-state index contributed by atoms with van der Waals surface area (Å²) in [5.41, 5.74) is 1.66. The Kier molecular flexibility index (Phi) is 3.99. The van der Waals surface area contributed by atoms with Crippen LogP contribution in [0.2, 0.25) is 0 Å². The lowest BCUT2D eigenvalue weighted by molar-refractivity contribution is -0.116. The molecule has 2 rings (SSSR count). The van der Waals surface area contributed by atoms with Crippen molar-refractivity contribution in [3.8, 4) is 11.5 Å². The zero-order chi connectivity index (χ0) is 14.8. The van der Waals surface area contributed by atoms with Crippen LogP contribution in [0, 0.1) is 0 Å². The SMILES string of the molecule is CC(=O)CCc1ccc(-c2nnc(S(C)(=O)=O)o2)cc1. The minimum Gasteiger partial charge on any atom is -0.408 e. The van der Waals surface area contributed by atoms with Crippen molar-refractivity contribution in [3.63, 3.8) is 0 Å². The molecule has 0 N–H and O–H groups in total. The molecule has 0 bridgehead atoms. The van der Waals surface area contributed by atoms with E-state index in [1.165, 1.54) is 0 Å². The highest BCUT2D eigenvalue weighted by molar-refractivity contribution is 7.90. The third-order valence-electron chi connectivity index (χ3n) is 2.69. The third kappa shape index (κ3) is 3.51. The fourth-order valence-electron chi connectivity index (χ4n) is 1.61. The van der Waals surface area contributed by atoms with Crippen molar-refractivity contribution in [3.05, 3.63) is 29.8 Å². The van der Waals surface area contributed by atoms with Crippen LogP contribution in [-0.4, -0.2) is 30.7 Å². The van der Waals surface area contributed by atoms with Crippen LogP contribution in [0.15, 0.2) is 33.9 Å². The highest BCUT2D eigenvalue weighted by Gasteiger charge is 2.17. The molecule has 2 aromatic rings. The van der Waals surface area contributed by atoms with E-state index in [1.807, 2.05) is 12.1 Å². The topological polar surface area (TPSA) is 90.1 Å². The summed E-state index contributed by atoms with van der Waals surface area (Å²) >= 11 is 0. The molecule has 6 nitrogen and oxygen atoms in total. The Hall–Kier alpha value is -2.02. The van der Waals surface area contributed by atoms with Gasteiger partial charge in [0.05, 0.1) is 0 Å². The predicted molar refractivity (Wildman–Crippen MR) is 71.8 cm³/mol. The summed E-state index contributed by atoms with van der Waals surface area (Å²) in [5.74, 6) is 0.298. The second kappa shape index (κ2) is 5.54. The lowest BCUT2D eigenvalue weighted by Gasteiger charge is -2.00. The predicted octanol–water partition coefficient (Wildman–Crippen LogP) is 1.66. The van der Waals surface area contributed by atoms with Gasteiger partial charge in [-0.2, -0.15) is 0 Å². The Morgan fingerprint density at radius 1 is 1.20 bits per heavy atom. The molecule has 0 saturated carbocycles. The van der Waals surface area contributed by atoms with Crippen molar-refractivity contribution in [2.45, 2.75) is 25.0 Å². The van der Waals surface area contributed by atoms with Gasteiger partial charge in [0.2, 0.25) is 15.7 Å². The molecule has 0 aliphatic rings. The fraction of sp³-hybridized carbons (Fsp3) is 0.308. The quantitative estimate of drug-likeness (QED) is 0.833. The summed E-state index contributed by atoms with van der Waals surface area (Å²) in [5, 5.41) is 6.81. The van der Waals surface area contributed by atoms with E-state index in [1.54, 1.807) is 19.1 Å². The van der Waals surface area contributed by atoms with Crippen LogP contribution in [0.3, 0.4) is 0 Å². The molecule has 0 radical (unpaired) electrons. The monoisotopic (exact) mass is 294 g/mol. The number of ketones is 1. The third-order valence-corrected chi connectivity index (χ3v) is 3.49. The number of hydrogen-bond donors (Lipinski definition) is 0. The number of nitrogens with zero attached hydrogens (tertiary/aromatic N) is 2. The molecule has 0 atom stereocenters. The molecular formula is C13H14N2O4S. The normalized spacial score (nSPS) is 11.5. The van der Waals surface area contributed by atoms with Crippen LogP contribution < -0.4 is 0 Å². The van der Waals surface area contributed by atoms with E-state index >= 15 is 0 Å². The fourth-order valence-corrected chi connectivity index (χ4v) is 2.03. The molecule has 1 aromatic carbocycles. The Morgan fingerprint density at radius 2 is 1.85 bits per heavy atom. The van der Waals surface area contributed by atoms with Crippen molar-refractivity contribution in [1.82, 2.24) is 10.2 Å². The van der Waals surface area contributed by atoms with E-state index in [2.05, 4.69) is 10.2 Å². The van der Waals surface area contributed by atoms with Gasteiger partial charge in [0.1, 0.15) is 5.78 Å². The lowest BCUT2D eigenvalue weighted by atomic mass is 10.1. The van der Waals surface area contributed by atoms with Gasteiger partial charge >= 0.3 is 5.22 Å². The van der Waals surface area contributed by atoms with Gasteiger partial charge in [-0.25, -0.2) is 8.42 Å². The van der Waals surface area contributed by atoms with Crippen molar-refractivity contribution < 1.29 is 17.6 Å². The first kappa shape index (κ1) is 14.4. The molecule has 0 saturated heterocycles. The van der Waals surface area contributed by atoms with Gasteiger partial charge in [-0.05, 0) is 31.0 Å². The molecular weight excluding hydrogens is 280 g/mol. The van der Waals surface area contributed by atoms with Crippen molar-refractivity contribution in [1.29, 1.82) is 0 Å². The summed E-state index contributed by atoms with van der Waals surface area (Å²) in [6, 6.07) is 7.22. The molecule has 0 spiro atoms. The molecule has 7 heteroatoms. The van der Waals surface area contributed by atoms with Gasteiger partial charge in [0, 0.05) is 18.2 Å². The number of carbonyl (C=O) groups excluding carboxylic acids is 1. The number of hydrogen-bond acceptors (Lipinski definition) is 6. The first-order valence-corrected chi connectivity index (χ1v) is 7.88. The standard InChI is InChI=1S/C13H14N2O4S/c1-9(16)3-4-10-5-7-11(8-6-10)12-14-15-13(19-12)20(2,17)18/h5-8H,3-4H2,1-2H3. The highest BCUT2D eigenvalue weighted by atomic mass is 32.2. The van der Waals surface area contributed by atoms with Gasteiger partial charge in [-0.1, -0.05) is 17.2 Å². The first-order valence-electron chi connectivity index (χ1n) is 5.98. The molecule has 1 heterocycles. The first-order chi connectivity index (χ1) is 9.36. The molecule has 0 aliphatic carbocycles. The average Bonchev–Trinajstić information content (AvgIpc) is 2.86. The van der Waals surface area contributed by atoms with Crippen molar-refractivity contribution in [2.75, 3.05) is 6.26 Å². The number of benzene rings is 1. The lowest BCUT2D eigenvalue weighted by Crippen LogP contribution is -1.96. The average molecular weight is 294 g/mol. The van der Waals surface area contributed by atoms with Crippen LogP contribution in [0.25, 0.3) is 11.5 Å². The zero-order valence-corrected chi connectivity index (χ0v) is 12.0. The highest BCUT2D eigenvalue weighted by Crippen LogP contribution is 2.20. The Bertz CT molecular complexity index is 717. The van der Waals surface area contributed by atoms with Crippen LogP contribution in [-0.2, 0) is 21.1 Å². The van der Waals surface area contributed by atoms with Gasteiger partial charge < -0.3 is 9.21 Å². The number of rotatable bonds is 5. The minimum absolute atomic E-state index is 0.142. The van der Waals surface area contributed by atoms with Gasteiger partial charge in [0.15, 0.2) is 0 Å². The number of aryl methyl sites for hydroxylation is 1. The number of aromatic nitrogens is 2. The van der Waals surface area contributed by atoms with E-state index in [-0.39, 0.29) is 11.7 Å². The summed E-state index contributed by atoms with van der Waals surface area (Å²) in [4.78, 5) is 10.9. The number of carbonyl (C=O) groups is 1. The summed E-state index contributed by atoms with van der Waals surface area (Å²) in [6.45, 7) is 1.56. The van der Waals surface area contributed by atoms with E-state index in [0.29, 0.717) is 18.4 Å². The number of sulfone groups is 1. The summed E-state index contributed by atoms with van der Waals surface area (Å²) in [6.07, 6.45) is 2.18. The second-order valence-electron chi connectivity index (χ2n) is 4.54. The minimum atomic E-state index is -3.49. The Balaban J connectivity index is 2.18. The van der Waals surface area contributed by atoms with E-state index in [9.17, 15) is 13.2 Å². The van der Waals surface area contributed by atoms with E-state index < -0.39 is 15.1 Å². The smallest absolute Gasteiger partial charge is 0.335 e. The van der Waals surface area contributed by atoms with E-state index in [4.69, 9.17) is 4.42 Å². The second-order valence-corrected chi connectivity index (χ2v) is 6.44. The van der Waals surface area contributed by atoms with Crippen molar-refractivity contribution in [2.24, 2.45) is 0 Å². The van der Waals surface area contributed by atoms with Crippen molar-refractivity contribution >= 4 is 15.6 Å². The summed E-state index contributed by atoms with van der Waals surface area (Å²) in [7, 11) is -3.49. The zero-order valence-electron chi connectivity index (χ0n) is 11.2. The van der Waals surface area contributed by atoms with Crippen LogP contribution in [0.1, 0.15) is 18.9 Å². The summed E-state index contributed by atoms with van der Waals surface area (Å²) < 4.78 is 27.6. The maximum absolute atomic E-state index is 11.3. The Morgan fingerprint density at radius 3 is 2.35 bits per heavy atom. The van der Waals surface area contributed by atoms with Crippen LogP contribution >= 0.6 is 0 Å². The maximum Gasteiger partial charge on any atom is 0.335 e. The molecule has 0 amide bonds. The molecule has 20 heavy (non-hydrogen) atoms. The molecule has 106 valence electrons. The van der Waals surface area contributed by atoms with Gasteiger partial charge in [-0.15, -0.1) is 5.10 Å². The molecule has 0 fully saturated rings. The van der Waals surface area contributed by atoms with Gasteiger partial charge in [-0.3, -0.25) is 0 Å². The molecule has 1 aromatic heterocycles. The van der Waals surface area contributed by atoms with Gasteiger partial charge in [0.25, 0.3) is 0 Å². The maximum atomic E-state index is 11.3.